The number of hydrogen-bond donors (Lipinski definition) is 1. The molecule has 0 saturated carbocycles. The first kappa shape index (κ1) is 18.3. The van der Waals surface area contributed by atoms with Crippen molar-refractivity contribution >= 4 is 27.3 Å². The average molecular weight is 372 g/mol. The molecule has 0 aliphatic carbocycles. The number of aliphatic hydroxyl groups excluding tert-OH is 1. The summed E-state index contributed by atoms with van der Waals surface area (Å²) in [5.74, 6) is 0.799. The molecule has 2 aromatic heterocycles. The van der Waals surface area contributed by atoms with Gasteiger partial charge in [-0.3, -0.25) is 9.36 Å². The van der Waals surface area contributed by atoms with Gasteiger partial charge in [-0.1, -0.05) is 12.1 Å². The number of Topliss-reactive ketones (excluding diaryl/α,β-unsaturated/α-hetero) is 1. The van der Waals surface area contributed by atoms with Crippen LogP contribution in [0.5, 0.6) is 5.75 Å². The van der Waals surface area contributed by atoms with Crippen LogP contribution in [0.1, 0.15) is 18.9 Å². The SMILES string of the molecule is CC(=O)CCc1ccc(OCC(O)Cn2cnc3sccc3c2=O)cc1. The van der Waals surface area contributed by atoms with Crippen LogP contribution in [-0.2, 0) is 17.8 Å². The zero-order chi connectivity index (χ0) is 18.5. The second-order valence-corrected chi connectivity index (χ2v) is 7.05. The molecule has 3 rings (SSSR count). The number of aryl methyl sites for hydroxylation is 1. The number of carbonyl (C=O) groups excluding carboxylic acids is 1. The number of fused-ring (bicyclic) bond motifs is 1. The Balaban J connectivity index is 1.54. The largest absolute Gasteiger partial charge is 0.491 e. The fourth-order valence-electron chi connectivity index (χ4n) is 2.57. The van der Waals surface area contributed by atoms with Crippen LogP contribution >= 0.6 is 11.3 Å². The van der Waals surface area contributed by atoms with Gasteiger partial charge < -0.3 is 14.6 Å². The Morgan fingerprint density at radius 1 is 1.31 bits per heavy atom. The number of aliphatic hydroxyl groups is 1. The lowest BCUT2D eigenvalue weighted by atomic mass is 10.1. The lowest BCUT2D eigenvalue weighted by Crippen LogP contribution is -2.30. The van der Waals surface area contributed by atoms with Gasteiger partial charge >= 0.3 is 0 Å². The third-order valence-electron chi connectivity index (χ3n) is 3.99. The van der Waals surface area contributed by atoms with E-state index in [1.807, 2.05) is 29.6 Å². The topological polar surface area (TPSA) is 81.4 Å². The molecule has 0 fully saturated rings. The summed E-state index contributed by atoms with van der Waals surface area (Å²) in [5, 5.41) is 12.5. The van der Waals surface area contributed by atoms with E-state index in [-0.39, 0.29) is 24.5 Å². The van der Waals surface area contributed by atoms with Crippen LogP contribution in [0.3, 0.4) is 0 Å². The van der Waals surface area contributed by atoms with Crippen molar-refractivity contribution in [3.63, 3.8) is 0 Å². The van der Waals surface area contributed by atoms with Crippen molar-refractivity contribution in [3.8, 4) is 5.75 Å². The summed E-state index contributed by atoms with van der Waals surface area (Å²) in [7, 11) is 0. The Labute approximate surface area is 154 Å². The van der Waals surface area contributed by atoms with Crippen molar-refractivity contribution in [2.24, 2.45) is 0 Å². The highest BCUT2D eigenvalue weighted by atomic mass is 32.1. The summed E-state index contributed by atoms with van der Waals surface area (Å²) in [6.07, 6.45) is 1.85. The number of benzene rings is 1. The Kier molecular flexibility index (Phi) is 5.80. The lowest BCUT2D eigenvalue weighted by Gasteiger charge is -2.14. The van der Waals surface area contributed by atoms with E-state index in [0.717, 1.165) is 5.56 Å². The van der Waals surface area contributed by atoms with Crippen molar-refractivity contribution < 1.29 is 14.6 Å². The summed E-state index contributed by atoms with van der Waals surface area (Å²) in [4.78, 5) is 28.2. The Morgan fingerprint density at radius 3 is 2.81 bits per heavy atom. The van der Waals surface area contributed by atoms with Crippen LogP contribution in [0.15, 0.2) is 46.8 Å². The van der Waals surface area contributed by atoms with Crippen LogP contribution in [0.2, 0.25) is 0 Å². The molecular weight excluding hydrogens is 352 g/mol. The second-order valence-electron chi connectivity index (χ2n) is 6.15. The zero-order valence-electron chi connectivity index (χ0n) is 14.4. The number of rotatable bonds is 8. The molecule has 1 unspecified atom stereocenters. The third-order valence-corrected chi connectivity index (χ3v) is 4.81. The van der Waals surface area contributed by atoms with Crippen LogP contribution in [-0.4, -0.2) is 33.2 Å². The minimum Gasteiger partial charge on any atom is -0.491 e. The monoisotopic (exact) mass is 372 g/mol. The van der Waals surface area contributed by atoms with Gasteiger partial charge in [-0.2, -0.15) is 0 Å². The highest BCUT2D eigenvalue weighted by Crippen LogP contribution is 2.15. The van der Waals surface area contributed by atoms with E-state index in [1.54, 1.807) is 13.0 Å². The van der Waals surface area contributed by atoms with E-state index in [4.69, 9.17) is 4.74 Å². The predicted molar refractivity (Wildman–Crippen MR) is 101 cm³/mol. The van der Waals surface area contributed by atoms with Crippen molar-refractivity contribution in [1.82, 2.24) is 9.55 Å². The van der Waals surface area contributed by atoms with Crippen molar-refractivity contribution in [2.75, 3.05) is 6.61 Å². The standard InChI is InChI=1S/C19H20N2O4S/c1-13(22)2-3-14-4-6-16(7-5-14)25-11-15(23)10-21-12-20-18-17(19(21)24)8-9-26-18/h4-9,12,15,23H,2-3,10-11H2,1H3. The molecule has 0 amide bonds. The minimum atomic E-state index is -0.831. The first-order valence-corrected chi connectivity index (χ1v) is 9.23. The van der Waals surface area contributed by atoms with Gasteiger partial charge in [0.05, 0.1) is 18.3 Å². The summed E-state index contributed by atoms with van der Waals surface area (Å²) in [6.45, 7) is 1.77. The molecule has 3 aromatic rings. The van der Waals surface area contributed by atoms with E-state index in [2.05, 4.69) is 4.98 Å². The fourth-order valence-corrected chi connectivity index (χ4v) is 3.29. The molecule has 1 N–H and O–H groups in total. The van der Waals surface area contributed by atoms with E-state index >= 15 is 0 Å². The summed E-state index contributed by atoms with van der Waals surface area (Å²) >= 11 is 1.41. The number of ether oxygens (including phenoxy) is 1. The second kappa shape index (κ2) is 8.25. The number of nitrogens with zero attached hydrogens (tertiary/aromatic N) is 2. The highest BCUT2D eigenvalue weighted by molar-refractivity contribution is 7.16. The molecule has 0 bridgehead atoms. The molecular formula is C19H20N2O4S. The number of hydrogen-bond acceptors (Lipinski definition) is 6. The van der Waals surface area contributed by atoms with Crippen LogP contribution in [0.25, 0.3) is 10.2 Å². The molecule has 136 valence electrons. The Bertz CT molecular complexity index is 946. The molecule has 0 aliphatic rings. The molecule has 0 spiro atoms. The van der Waals surface area contributed by atoms with Gasteiger partial charge in [0.15, 0.2) is 0 Å². The van der Waals surface area contributed by atoms with Crippen LogP contribution in [0, 0.1) is 0 Å². The van der Waals surface area contributed by atoms with Gasteiger partial charge in [-0.15, -0.1) is 11.3 Å². The van der Waals surface area contributed by atoms with Crippen molar-refractivity contribution in [1.29, 1.82) is 0 Å². The quantitative estimate of drug-likeness (QED) is 0.657. The van der Waals surface area contributed by atoms with Crippen LogP contribution in [0.4, 0.5) is 0 Å². The molecule has 6 nitrogen and oxygen atoms in total. The molecule has 26 heavy (non-hydrogen) atoms. The molecule has 0 aliphatic heterocycles. The van der Waals surface area contributed by atoms with Crippen molar-refractivity contribution in [3.05, 3.63) is 58.0 Å². The Morgan fingerprint density at radius 2 is 2.08 bits per heavy atom. The van der Waals surface area contributed by atoms with E-state index < -0.39 is 6.10 Å². The third kappa shape index (κ3) is 4.56. The highest BCUT2D eigenvalue weighted by Gasteiger charge is 2.11. The molecule has 1 aromatic carbocycles. The van der Waals surface area contributed by atoms with E-state index in [0.29, 0.717) is 28.8 Å². The van der Waals surface area contributed by atoms with Gasteiger partial charge in [0.2, 0.25) is 0 Å². The maximum atomic E-state index is 12.3. The lowest BCUT2D eigenvalue weighted by molar-refractivity contribution is -0.116. The van der Waals surface area contributed by atoms with Crippen LogP contribution < -0.4 is 10.3 Å². The molecule has 7 heteroatoms. The van der Waals surface area contributed by atoms with Gasteiger partial charge in [0.1, 0.15) is 29.1 Å². The maximum Gasteiger partial charge on any atom is 0.262 e. The predicted octanol–water partition coefficient (Wildman–Crippen LogP) is 2.42. The smallest absolute Gasteiger partial charge is 0.262 e. The molecule has 2 heterocycles. The summed E-state index contributed by atoms with van der Waals surface area (Å²) < 4.78 is 6.98. The van der Waals surface area contributed by atoms with Gasteiger partial charge in [0, 0.05) is 6.42 Å². The summed E-state index contributed by atoms with van der Waals surface area (Å²) in [5.41, 5.74) is 0.903. The zero-order valence-corrected chi connectivity index (χ0v) is 15.2. The van der Waals surface area contributed by atoms with E-state index in [1.165, 1.54) is 22.2 Å². The normalized spacial score (nSPS) is 12.2. The number of ketones is 1. The van der Waals surface area contributed by atoms with Gasteiger partial charge in [-0.25, -0.2) is 4.98 Å². The summed E-state index contributed by atoms with van der Waals surface area (Å²) in [6, 6.07) is 9.18. The molecule has 1 atom stereocenters. The molecule has 0 radical (unpaired) electrons. The first-order valence-electron chi connectivity index (χ1n) is 8.35. The maximum absolute atomic E-state index is 12.3. The molecule has 0 saturated heterocycles. The van der Waals surface area contributed by atoms with Crippen molar-refractivity contribution in [2.45, 2.75) is 32.4 Å². The number of thiophene rings is 1. The van der Waals surface area contributed by atoms with Gasteiger partial charge in [0.25, 0.3) is 5.56 Å². The average Bonchev–Trinajstić information content (AvgIpc) is 3.11. The minimum absolute atomic E-state index is 0.0703. The Hall–Kier alpha value is -2.51. The van der Waals surface area contributed by atoms with Gasteiger partial charge in [-0.05, 0) is 42.5 Å². The fraction of sp³-hybridized carbons (Fsp3) is 0.316. The first-order chi connectivity index (χ1) is 12.5. The van der Waals surface area contributed by atoms with E-state index in [9.17, 15) is 14.7 Å². The number of carbonyl (C=O) groups is 1. The number of aromatic nitrogens is 2.